The lowest BCUT2D eigenvalue weighted by Gasteiger charge is -2.40. The molecule has 0 saturated heterocycles. The Kier molecular flexibility index (Phi) is 4.70. The third-order valence-corrected chi connectivity index (χ3v) is 5.00. The Morgan fingerprint density at radius 3 is 2.88 bits per heavy atom. The zero-order valence-electron chi connectivity index (χ0n) is 14.3. The lowest BCUT2D eigenvalue weighted by Crippen LogP contribution is -2.55. The molecule has 1 amide bonds. The van der Waals surface area contributed by atoms with Crippen molar-refractivity contribution in [1.29, 1.82) is 0 Å². The SMILES string of the molecule is COC(=O)C1CCCCC1(C)NC(=O)c1cnc2ccc(F)cc2c1. The molecule has 25 heavy (non-hydrogen) atoms. The summed E-state index contributed by atoms with van der Waals surface area (Å²) in [4.78, 5) is 29.0. The first-order chi connectivity index (χ1) is 11.9. The number of fused-ring (bicyclic) bond motifs is 1. The van der Waals surface area contributed by atoms with E-state index in [4.69, 9.17) is 4.74 Å². The van der Waals surface area contributed by atoms with Crippen molar-refractivity contribution >= 4 is 22.8 Å². The molecular weight excluding hydrogens is 323 g/mol. The number of methoxy groups -OCH3 is 1. The van der Waals surface area contributed by atoms with Gasteiger partial charge in [-0.05, 0) is 44.0 Å². The monoisotopic (exact) mass is 344 g/mol. The maximum atomic E-state index is 13.4. The molecule has 1 aliphatic rings. The van der Waals surface area contributed by atoms with Gasteiger partial charge in [0.25, 0.3) is 5.91 Å². The van der Waals surface area contributed by atoms with Crippen LogP contribution in [0, 0.1) is 11.7 Å². The minimum absolute atomic E-state index is 0.304. The third-order valence-electron chi connectivity index (χ3n) is 5.00. The van der Waals surface area contributed by atoms with Crippen LogP contribution < -0.4 is 5.32 Å². The van der Waals surface area contributed by atoms with E-state index in [-0.39, 0.29) is 23.6 Å². The van der Waals surface area contributed by atoms with Gasteiger partial charge < -0.3 is 10.1 Å². The van der Waals surface area contributed by atoms with Crippen LogP contribution in [0.3, 0.4) is 0 Å². The molecule has 1 saturated carbocycles. The Morgan fingerprint density at radius 1 is 1.32 bits per heavy atom. The van der Waals surface area contributed by atoms with Crippen molar-refractivity contribution in [2.45, 2.75) is 38.1 Å². The predicted octanol–water partition coefficient (Wildman–Crippen LogP) is 3.23. The maximum absolute atomic E-state index is 13.4. The molecule has 1 aromatic heterocycles. The van der Waals surface area contributed by atoms with Crippen molar-refractivity contribution in [2.75, 3.05) is 7.11 Å². The normalized spacial score (nSPS) is 23.2. The molecule has 0 aliphatic heterocycles. The average Bonchev–Trinajstić information content (AvgIpc) is 2.60. The first kappa shape index (κ1) is 17.3. The Morgan fingerprint density at radius 2 is 2.12 bits per heavy atom. The van der Waals surface area contributed by atoms with E-state index in [9.17, 15) is 14.0 Å². The van der Waals surface area contributed by atoms with Crippen molar-refractivity contribution in [3.63, 3.8) is 0 Å². The molecule has 132 valence electrons. The molecule has 1 aromatic carbocycles. The zero-order valence-corrected chi connectivity index (χ0v) is 14.3. The van der Waals surface area contributed by atoms with Gasteiger partial charge in [-0.15, -0.1) is 0 Å². The van der Waals surface area contributed by atoms with Crippen LogP contribution in [0.1, 0.15) is 43.0 Å². The number of hydrogen-bond acceptors (Lipinski definition) is 4. The molecule has 0 spiro atoms. The number of aromatic nitrogens is 1. The van der Waals surface area contributed by atoms with Gasteiger partial charge in [0, 0.05) is 11.6 Å². The number of amides is 1. The first-order valence-corrected chi connectivity index (χ1v) is 8.38. The molecule has 6 heteroatoms. The number of pyridine rings is 1. The molecule has 2 aromatic rings. The van der Waals surface area contributed by atoms with Gasteiger partial charge in [0.05, 0.1) is 29.6 Å². The zero-order chi connectivity index (χ0) is 18.0. The van der Waals surface area contributed by atoms with E-state index in [1.165, 1.54) is 25.4 Å². The number of esters is 1. The standard InChI is InChI=1S/C19H21FN2O3/c1-19(8-4-3-5-15(19)18(24)25-2)22-17(23)13-9-12-10-14(20)6-7-16(12)21-11-13/h6-7,9-11,15H,3-5,8H2,1-2H3,(H,22,23). The van der Waals surface area contributed by atoms with E-state index in [1.54, 1.807) is 12.1 Å². The van der Waals surface area contributed by atoms with Crippen LogP contribution in [0.4, 0.5) is 4.39 Å². The number of ether oxygens (including phenoxy) is 1. The number of hydrogen-bond donors (Lipinski definition) is 1. The summed E-state index contributed by atoms with van der Waals surface area (Å²) in [7, 11) is 1.36. The third kappa shape index (κ3) is 3.48. The molecule has 1 N–H and O–H groups in total. The second-order valence-electron chi connectivity index (χ2n) is 6.75. The number of carbonyl (C=O) groups is 2. The molecule has 3 rings (SSSR count). The first-order valence-electron chi connectivity index (χ1n) is 8.38. The van der Waals surface area contributed by atoms with Crippen LogP contribution in [0.5, 0.6) is 0 Å². The summed E-state index contributed by atoms with van der Waals surface area (Å²) < 4.78 is 18.3. The topological polar surface area (TPSA) is 68.3 Å². The van der Waals surface area contributed by atoms with E-state index in [0.717, 1.165) is 12.8 Å². The van der Waals surface area contributed by atoms with E-state index in [0.29, 0.717) is 29.3 Å². The second-order valence-corrected chi connectivity index (χ2v) is 6.75. The Balaban J connectivity index is 1.86. The van der Waals surface area contributed by atoms with Crippen molar-refractivity contribution in [2.24, 2.45) is 5.92 Å². The number of halogens is 1. The minimum Gasteiger partial charge on any atom is -0.469 e. The Labute approximate surface area is 145 Å². The van der Waals surface area contributed by atoms with Gasteiger partial charge in [0.1, 0.15) is 5.82 Å². The van der Waals surface area contributed by atoms with E-state index < -0.39 is 5.54 Å². The highest BCUT2D eigenvalue weighted by Crippen LogP contribution is 2.34. The Hall–Kier alpha value is -2.50. The molecule has 2 unspecified atom stereocenters. The summed E-state index contributed by atoms with van der Waals surface area (Å²) in [5.74, 6) is -1.38. The highest BCUT2D eigenvalue weighted by atomic mass is 19.1. The van der Waals surface area contributed by atoms with Crippen LogP contribution >= 0.6 is 0 Å². The molecule has 2 atom stereocenters. The van der Waals surface area contributed by atoms with Crippen LogP contribution in [-0.4, -0.2) is 29.5 Å². The summed E-state index contributed by atoms with van der Waals surface area (Å²) in [6.45, 7) is 1.87. The molecule has 1 heterocycles. The van der Waals surface area contributed by atoms with Gasteiger partial charge >= 0.3 is 5.97 Å². The fourth-order valence-electron chi connectivity index (χ4n) is 3.56. The lowest BCUT2D eigenvalue weighted by molar-refractivity contribution is -0.149. The van der Waals surface area contributed by atoms with Gasteiger partial charge in [0.2, 0.25) is 0 Å². The number of carbonyl (C=O) groups excluding carboxylic acids is 2. The van der Waals surface area contributed by atoms with Crippen molar-refractivity contribution < 1.29 is 18.7 Å². The Bertz CT molecular complexity index is 823. The number of nitrogens with one attached hydrogen (secondary N) is 1. The fourth-order valence-corrected chi connectivity index (χ4v) is 3.56. The van der Waals surface area contributed by atoms with Crippen LogP contribution in [0.15, 0.2) is 30.5 Å². The molecule has 0 bridgehead atoms. The fraction of sp³-hybridized carbons (Fsp3) is 0.421. The largest absolute Gasteiger partial charge is 0.469 e. The van der Waals surface area contributed by atoms with Gasteiger partial charge in [-0.2, -0.15) is 0 Å². The quantitative estimate of drug-likeness (QED) is 0.868. The van der Waals surface area contributed by atoms with Gasteiger partial charge in [-0.3, -0.25) is 14.6 Å². The summed E-state index contributed by atoms with van der Waals surface area (Å²) in [6.07, 6.45) is 4.72. The van der Waals surface area contributed by atoms with Gasteiger partial charge in [-0.25, -0.2) is 4.39 Å². The van der Waals surface area contributed by atoms with Gasteiger partial charge in [0.15, 0.2) is 0 Å². The molecule has 1 fully saturated rings. The molecule has 1 aliphatic carbocycles. The van der Waals surface area contributed by atoms with Crippen LogP contribution in [0.25, 0.3) is 10.9 Å². The molecule has 5 nitrogen and oxygen atoms in total. The predicted molar refractivity (Wildman–Crippen MR) is 91.5 cm³/mol. The summed E-state index contributed by atoms with van der Waals surface area (Å²) in [6, 6.07) is 5.86. The van der Waals surface area contributed by atoms with Crippen molar-refractivity contribution in [3.8, 4) is 0 Å². The van der Waals surface area contributed by atoms with E-state index >= 15 is 0 Å². The number of rotatable bonds is 3. The molecule has 0 radical (unpaired) electrons. The smallest absolute Gasteiger partial charge is 0.311 e. The number of nitrogens with zero attached hydrogens (tertiary/aromatic N) is 1. The van der Waals surface area contributed by atoms with Crippen molar-refractivity contribution in [3.05, 3.63) is 41.8 Å². The van der Waals surface area contributed by atoms with Crippen LogP contribution in [0.2, 0.25) is 0 Å². The highest BCUT2D eigenvalue weighted by molar-refractivity contribution is 5.98. The van der Waals surface area contributed by atoms with Crippen molar-refractivity contribution in [1.82, 2.24) is 10.3 Å². The summed E-state index contributed by atoms with van der Waals surface area (Å²) >= 11 is 0. The molecular formula is C19H21FN2O3. The van der Waals surface area contributed by atoms with E-state index in [1.807, 2.05) is 6.92 Å². The summed E-state index contributed by atoms with van der Waals surface area (Å²) in [5.41, 5.74) is 0.294. The van der Waals surface area contributed by atoms with Gasteiger partial charge in [-0.1, -0.05) is 12.8 Å². The lowest BCUT2D eigenvalue weighted by atomic mass is 9.73. The maximum Gasteiger partial charge on any atom is 0.311 e. The highest BCUT2D eigenvalue weighted by Gasteiger charge is 2.42. The number of benzene rings is 1. The average molecular weight is 344 g/mol. The minimum atomic E-state index is -0.667. The second kappa shape index (κ2) is 6.78. The van der Waals surface area contributed by atoms with E-state index in [2.05, 4.69) is 10.3 Å². The van der Waals surface area contributed by atoms with Crippen LogP contribution in [-0.2, 0) is 9.53 Å². The summed E-state index contributed by atoms with van der Waals surface area (Å²) in [5, 5.41) is 3.54.